The molecule has 0 radical (unpaired) electrons. The number of benzene rings is 2. The van der Waals surface area contributed by atoms with E-state index in [1.807, 2.05) is 0 Å². The van der Waals surface area contributed by atoms with Gasteiger partial charge in [0.25, 0.3) is 0 Å². The molecular weight excluding hydrogens is 350 g/mol. The Kier molecular flexibility index (Phi) is 2.57. The van der Waals surface area contributed by atoms with Crippen LogP contribution < -0.4 is 0 Å². The number of fused-ring (bicyclic) bond motifs is 2. The standard InChI is InChI=1S/C16H10Se2/c1-3-7-14-11(5-1)9-16(18-14)13-10-17-15-8-4-2-6-12(13)15/h1-10H. The van der Waals surface area contributed by atoms with Crippen LogP contribution in [0, 0.1) is 0 Å². The Morgan fingerprint density at radius 2 is 1.56 bits per heavy atom. The van der Waals surface area contributed by atoms with Gasteiger partial charge in [-0.2, -0.15) is 0 Å². The maximum atomic E-state index is 2.46. The monoisotopic (exact) mass is 362 g/mol. The minimum atomic E-state index is 0.482. The summed E-state index contributed by atoms with van der Waals surface area (Å²) in [6, 6.07) is 20.0. The number of rotatable bonds is 1. The summed E-state index contributed by atoms with van der Waals surface area (Å²) in [5.41, 5.74) is 1.50. The summed E-state index contributed by atoms with van der Waals surface area (Å²) in [6.07, 6.45) is 0. The molecule has 0 fully saturated rings. The Hall–Kier alpha value is -1.04. The van der Waals surface area contributed by atoms with E-state index >= 15 is 0 Å². The Morgan fingerprint density at radius 3 is 2.44 bits per heavy atom. The third-order valence-electron chi connectivity index (χ3n) is 3.17. The maximum absolute atomic E-state index is 2.46. The van der Waals surface area contributed by atoms with E-state index in [1.54, 1.807) is 4.44 Å². The number of hydrogen-bond donors (Lipinski definition) is 0. The van der Waals surface area contributed by atoms with E-state index in [0.29, 0.717) is 29.0 Å². The van der Waals surface area contributed by atoms with Crippen LogP contribution in [0.5, 0.6) is 0 Å². The fourth-order valence-electron chi connectivity index (χ4n) is 2.28. The molecule has 0 N–H and O–H groups in total. The van der Waals surface area contributed by atoms with E-state index in [0.717, 1.165) is 0 Å². The van der Waals surface area contributed by atoms with Crippen molar-refractivity contribution in [3.8, 4) is 10.0 Å². The van der Waals surface area contributed by atoms with Crippen molar-refractivity contribution in [2.24, 2.45) is 0 Å². The van der Waals surface area contributed by atoms with Crippen LogP contribution in [0.15, 0.2) is 59.5 Å². The molecule has 0 nitrogen and oxygen atoms in total. The quantitative estimate of drug-likeness (QED) is 0.454. The van der Waals surface area contributed by atoms with Gasteiger partial charge in [0, 0.05) is 0 Å². The van der Waals surface area contributed by atoms with Gasteiger partial charge in [-0.1, -0.05) is 0 Å². The summed E-state index contributed by atoms with van der Waals surface area (Å²) in [7, 11) is 0. The summed E-state index contributed by atoms with van der Waals surface area (Å²) in [5.74, 6) is 0. The molecule has 86 valence electrons. The van der Waals surface area contributed by atoms with Crippen molar-refractivity contribution >= 4 is 48.3 Å². The van der Waals surface area contributed by atoms with E-state index < -0.39 is 0 Å². The van der Waals surface area contributed by atoms with Gasteiger partial charge in [-0.3, -0.25) is 0 Å². The van der Waals surface area contributed by atoms with Gasteiger partial charge in [-0.25, -0.2) is 0 Å². The average Bonchev–Trinajstić information content (AvgIpc) is 3.02. The third kappa shape index (κ3) is 1.66. The molecule has 0 aliphatic carbocycles. The predicted octanol–water partition coefficient (Wildman–Crippen LogP) is 3.77. The fourth-order valence-corrected chi connectivity index (χ4v) is 6.97. The molecule has 4 aromatic rings. The molecule has 0 aliphatic heterocycles. The van der Waals surface area contributed by atoms with Crippen LogP contribution in [0.1, 0.15) is 0 Å². The van der Waals surface area contributed by atoms with E-state index in [4.69, 9.17) is 0 Å². The molecule has 0 spiro atoms. The van der Waals surface area contributed by atoms with Crippen LogP contribution >= 0.6 is 0 Å². The molecule has 0 amide bonds. The average molecular weight is 360 g/mol. The van der Waals surface area contributed by atoms with Gasteiger partial charge in [0.15, 0.2) is 0 Å². The minimum absolute atomic E-state index is 0.482. The molecule has 4 rings (SSSR count). The molecule has 0 atom stereocenters. The summed E-state index contributed by atoms with van der Waals surface area (Å²) in [6.45, 7) is 0. The van der Waals surface area contributed by atoms with Crippen LogP contribution in [-0.2, 0) is 0 Å². The molecule has 2 heteroatoms. The van der Waals surface area contributed by atoms with Crippen molar-refractivity contribution in [1.82, 2.24) is 0 Å². The molecular formula is C16H10Se2. The van der Waals surface area contributed by atoms with Gasteiger partial charge in [0.1, 0.15) is 0 Å². The molecule has 18 heavy (non-hydrogen) atoms. The first-order valence-electron chi connectivity index (χ1n) is 5.87. The van der Waals surface area contributed by atoms with Crippen molar-refractivity contribution in [2.45, 2.75) is 0 Å². The second-order valence-corrected chi connectivity index (χ2v) is 8.48. The van der Waals surface area contributed by atoms with Crippen LogP contribution in [-0.4, -0.2) is 29.0 Å². The van der Waals surface area contributed by atoms with Crippen molar-refractivity contribution in [3.05, 3.63) is 59.5 Å². The van der Waals surface area contributed by atoms with Crippen molar-refractivity contribution in [1.29, 1.82) is 0 Å². The summed E-state index contributed by atoms with van der Waals surface area (Å²) < 4.78 is 4.61. The Balaban J connectivity index is 2.01. The van der Waals surface area contributed by atoms with Gasteiger partial charge in [-0.05, 0) is 0 Å². The molecule has 2 aromatic heterocycles. The molecule has 0 unspecified atom stereocenters. The van der Waals surface area contributed by atoms with Crippen LogP contribution in [0.25, 0.3) is 29.3 Å². The van der Waals surface area contributed by atoms with Gasteiger partial charge in [0.05, 0.1) is 0 Å². The van der Waals surface area contributed by atoms with Gasteiger partial charge >= 0.3 is 118 Å². The molecule has 2 heterocycles. The molecule has 0 bridgehead atoms. The normalized spacial score (nSPS) is 11.3. The first-order valence-corrected chi connectivity index (χ1v) is 9.43. The molecule has 0 saturated heterocycles. The van der Waals surface area contributed by atoms with Crippen LogP contribution in [0.2, 0.25) is 0 Å². The zero-order valence-corrected chi connectivity index (χ0v) is 13.0. The van der Waals surface area contributed by atoms with E-state index in [9.17, 15) is 0 Å². The van der Waals surface area contributed by atoms with Crippen LogP contribution in [0.4, 0.5) is 0 Å². The summed E-state index contributed by atoms with van der Waals surface area (Å²) in [5, 5.41) is 2.89. The van der Waals surface area contributed by atoms with E-state index in [1.165, 1.54) is 24.9 Å². The van der Waals surface area contributed by atoms with E-state index in [2.05, 4.69) is 59.5 Å². The van der Waals surface area contributed by atoms with Gasteiger partial charge in [0.2, 0.25) is 0 Å². The SMILES string of the molecule is c1ccc2[se]c(-c3c[se]c4ccccc34)cc2c1. The van der Waals surface area contributed by atoms with Crippen LogP contribution in [0.3, 0.4) is 0 Å². The summed E-state index contributed by atoms with van der Waals surface area (Å²) in [4.78, 5) is 2.46. The molecule has 0 aliphatic rings. The van der Waals surface area contributed by atoms with Gasteiger partial charge < -0.3 is 0 Å². The predicted molar refractivity (Wildman–Crippen MR) is 80.8 cm³/mol. The second-order valence-electron chi connectivity index (χ2n) is 4.29. The first kappa shape index (κ1) is 10.8. The zero-order chi connectivity index (χ0) is 11.9. The van der Waals surface area contributed by atoms with Crippen molar-refractivity contribution in [3.63, 3.8) is 0 Å². The zero-order valence-electron chi connectivity index (χ0n) is 9.59. The van der Waals surface area contributed by atoms with Crippen molar-refractivity contribution in [2.75, 3.05) is 0 Å². The molecule has 0 saturated carbocycles. The van der Waals surface area contributed by atoms with Gasteiger partial charge in [-0.15, -0.1) is 0 Å². The number of hydrogen-bond acceptors (Lipinski definition) is 0. The Morgan fingerprint density at radius 1 is 0.778 bits per heavy atom. The van der Waals surface area contributed by atoms with E-state index in [-0.39, 0.29) is 0 Å². The first-order chi connectivity index (χ1) is 8.92. The molecule has 2 aromatic carbocycles. The summed E-state index contributed by atoms with van der Waals surface area (Å²) >= 11 is 1.01. The fraction of sp³-hybridized carbons (Fsp3) is 0. The topological polar surface area (TPSA) is 0 Å². The second kappa shape index (κ2) is 4.26. The van der Waals surface area contributed by atoms with Crippen molar-refractivity contribution < 1.29 is 0 Å². The Labute approximate surface area is 117 Å². The Bertz CT molecular complexity index is 803. The third-order valence-corrected chi connectivity index (χ3v) is 7.60.